The lowest BCUT2D eigenvalue weighted by molar-refractivity contribution is -0.404. The van der Waals surface area contributed by atoms with Crippen molar-refractivity contribution >= 4 is 23.8 Å². The number of fused-ring (bicyclic) bond motifs is 2. The van der Waals surface area contributed by atoms with Gasteiger partial charge in [0.2, 0.25) is 0 Å². The number of ether oxygens (including phenoxy) is 1. The van der Waals surface area contributed by atoms with E-state index in [2.05, 4.69) is 4.99 Å². The van der Waals surface area contributed by atoms with Crippen LogP contribution in [0.1, 0.15) is 32.6 Å². The molecule has 1 saturated heterocycles. The second-order valence-corrected chi connectivity index (χ2v) is 6.14. The number of amides is 3. The fourth-order valence-electron chi connectivity index (χ4n) is 3.60. The Balaban J connectivity index is 1.71. The summed E-state index contributed by atoms with van der Waals surface area (Å²) in [6.45, 7) is 2.44. The summed E-state index contributed by atoms with van der Waals surface area (Å²) in [5, 5.41) is 0. The van der Waals surface area contributed by atoms with Crippen LogP contribution in [0.5, 0.6) is 5.75 Å². The number of carbonyl (C=O) groups is 2. The van der Waals surface area contributed by atoms with Crippen molar-refractivity contribution in [3.8, 4) is 5.75 Å². The van der Waals surface area contributed by atoms with E-state index in [-0.39, 0.29) is 11.9 Å². The van der Waals surface area contributed by atoms with Crippen molar-refractivity contribution in [2.45, 2.75) is 38.6 Å². The number of rotatable bonds is 3. The summed E-state index contributed by atoms with van der Waals surface area (Å²) in [5.41, 5.74) is 2.59. The second-order valence-electron chi connectivity index (χ2n) is 6.14. The predicted octanol–water partition coefficient (Wildman–Crippen LogP) is 1.17. The first-order chi connectivity index (χ1) is 11.7. The summed E-state index contributed by atoms with van der Waals surface area (Å²) in [4.78, 5) is 32.0. The van der Waals surface area contributed by atoms with Gasteiger partial charge in [0.05, 0.1) is 18.0 Å². The maximum absolute atomic E-state index is 13.0. The Bertz CT molecular complexity index is 769. The van der Waals surface area contributed by atoms with Gasteiger partial charge in [-0.2, -0.15) is 0 Å². The molecule has 0 aromatic heterocycles. The molecule has 2 aliphatic heterocycles. The molecule has 3 aliphatic rings. The zero-order chi connectivity index (χ0) is 16.7. The number of nitrogens with zero attached hydrogens (tertiary/aromatic N) is 2. The van der Waals surface area contributed by atoms with E-state index in [0.717, 1.165) is 37.1 Å². The number of nitrogens with one attached hydrogen (secondary N) is 1. The molecule has 1 aromatic carbocycles. The topological polar surface area (TPSA) is 63.8 Å². The highest BCUT2D eigenvalue weighted by Crippen LogP contribution is 2.34. The fraction of sp³-hybridized carbons (Fsp3) is 0.389. The minimum Gasteiger partial charge on any atom is -0.494 e. The van der Waals surface area contributed by atoms with Crippen LogP contribution in [0.3, 0.4) is 0 Å². The van der Waals surface area contributed by atoms with Gasteiger partial charge in [-0.3, -0.25) is 9.69 Å². The van der Waals surface area contributed by atoms with Gasteiger partial charge in [-0.05, 0) is 38.3 Å². The minimum atomic E-state index is -0.565. The van der Waals surface area contributed by atoms with Gasteiger partial charge in [0.1, 0.15) is 5.75 Å². The number of anilines is 1. The van der Waals surface area contributed by atoms with E-state index in [4.69, 9.17) is 4.74 Å². The molecule has 24 heavy (non-hydrogen) atoms. The van der Waals surface area contributed by atoms with Crippen LogP contribution in [0.15, 0.2) is 35.7 Å². The van der Waals surface area contributed by atoms with Crippen molar-refractivity contribution in [3.05, 3.63) is 35.7 Å². The number of allylic oxidation sites excluding steroid dienone is 2. The highest BCUT2D eigenvalue weighted by atomic mass is 16.5. The van der Waals surface area contributed by atoms with Gasteiger partial charge in [0.15, 0.2) is 18.0 Å². The van der Waals surface area contributed by atoms with Crippen LogP contribution in [0.4, 0.5) is 10.5 Å². The number of urea groups is 1. The number of benzene rings is 1. The Hall–Kier alpha value is -2.63. The van der Waals surface area contributed by atoms with Crippen molar-refractivity contribution in [1.29, 1.82) is 0 Å². The molecule has 1 fully saturated rings. The number of carbonyl (C=O) groups excluding carboxylic acids is 2. The van der Waals surface area contributed by atoms with Crippen molar-refractivity contribution in [1.82, 2.24) is 4.90 Å². The number of imide groups is 1. The molecule has 1 aliphatic carbocycles. The Kier molecular flexibility index (Phi) is 3.59. The Morgan fingerprint density at radius 3 is 2.92 bits per heavy atom. The molecule has 1 unspecified atom stereocenters. The summed E-state index contributed by atoms with van der Waals surface area (Å²) in [6.07, 6.45) is 5.65. The zero-order valence-corrected chi connectivity index (χ0v) is 13.6. The van der Waals surface area contributed by atoms with Crippen LogP contribution in [0, 0.1) is 0 Å². The highest BCUT2D eigenvalue weighted by molar-refractivity contribution is 6.26. The molecule has 6 nitrogen and oxygen atoms in total. The molecular weight excluding hydrogens is 306 g/mol. The molecule has 0 saturated carbocycles. The summed E-state index contributed by atoms with van der Waals surface area (Å²) >= 11 is 0. The molecule has 4 rings (SSSR count). The van der Waals surface area contributed by atoms with Gasteiger partial charge in [0, 0.05) is 12.5 Å². The minimum absolute atomic E-state index is 0.224. The van der Waals surface area contributed by atoms with Crippen LogP contribution in [0.25, 0.3) is 0 Å². The summed E-state index contributed by atoms with van der Waals surface area (Å²) in [6, 6.07) is 6.28. The van der Waals surface area contributed by atoms with E-state index in [1.807, 2.05) is 13.0 Å². The van der Waals surface area contributed by atoms with Gasteiger partial charge < -0.3 is 4.74 Å². The van der Waals surface area contributed by atoms with Crippen LogP contribution < -0.4 is 14.6 Å². The second kappa shape index (κ2) is 5.78. The third kappa shape index (κ3) is 2.21. The van der Waals surface area contributed by atoms with Gasteiger partial charge in [0.25, 0.3) is 5.91 Å². The third-order valence-electron chi connectivity index (χ3n) is 4.68. The summed E-state index contributed by atoms with van der Waals surface area (Å²) < 4.78 is 5.49. The fourth-order valence-corrected chi connectivity index (χ4v) is 3.60. The van der Waals surface area contributed by atoms with Crippen molar-refractivity contribution in [3.63, 3.8) is 0 Å². The Morgan fingerprint density at radius 1 is 1.25 bits per heavy atom. The SMILES string of the molecule is CCOc1cccc(N2C(=O)C3C=[NH+]C4=C(CCCC4)N3C2=O)c1. The molecule has 6 heteroatoms. The predicted molar refractivity (Wildman–Crippen MR) is 88.6 cm³/mol. The average Bonchev–Trinajstić information content (AvgIpc) is 2.86. The van der Waals surface area contributed by atoms with Crippen LogP contribution in [0.2, 0.25) is 0 Å². The molecule has 3 amide bonds. The van der Waals surface area contributed by atoms with Crippen molar-refractivity contribution in [2.24, 2.45) is 0 Å². The largest absolute Gasteiger partial charge is 0.494 e. The first-order valence-corrected chi connectivity index (χ1v) is 8.42. The van der Waals surface area contributed by atoms with E-state index >= 15 is 0 Å². The standard InChI is InChI=1S/C18H19N3O3/c1-2-24-13-7-5-6-12(10-13)20-17(22)16-11-19-14-8-3-4-9-15(14)21(16)18(20)23/h5-7,10-11,16H,2-4,8-9H2,1H3/p+1. The summed E-state index contributed by atoms with van der Waals surface area (Å²) in [5.74, 6) is 0.429. The molecule has 1 atom stereocenters. The average molecular weight is 326 g/mol. The van der Waals surface area contributed by atoms with Crippen LogP contribution in [-0.4, -0.2) is 35.7 Å². The van der Waals surface area contributed by atoms with E-state index < -0.39 is 6.04 Å². The zero-order valence-electron chi connectivity index (χ0n) is 13.6. The molecule has 0 bridgehead atoms. The lowest BCUT2D eigenvalue weighted by Gasteiger charge is -2.26. The van der Waals surface area contributed by atoms with Gasteiger partial charge in [-0.15, -0.1) is 0 Å². The lowest BCUT2D eigenvalue weighted by Crippen LogP contribution is -2.74. The Labute approximate surface area is 140 Å². The Morgan fingerprint density at radius 2 is 2.08 bits per heavy atom. The monoisotopic (exact) mass is 326 g/mol. The molecule has 1 aromatic rings. The smallest absolute Gasteiger partial charge is 0.337 e. The number of hydrogen-bond donors (Lipinski definition) is 1. The molecule has 0 radical (unpaired) electrons. The van der Waals surface area contributed by atoms with E-state index in [9.17, 15) is 9.59 Å². The lowest BCUT2D eigenvalue weighted by atomic mass is 9.98. The third-order valence-corrected chi connectivity index (χ3v) is 4.68. The van der Waals surface area contributed by atoms with E-state index in [1.165, 1.54) is 4.90 Å². The molecule has 0 spiro atoms. The quantitative estimate of drug-likeness (QED) is 0.848. The van der Waals surface area contributed by atoms with Gasteiger partial charge in [-0.1, -0.05) is 6.07 Å². The first kappa shape index (κ1) is 14.9. The van der Waals surface area contributed by atoms with Gasteiger partial charge >= 0.3 is 6.03 Å². The highest BCUT2D eigenvalue weighted by Gasteiger charge is 2.51. The van der Waals surface area contributed by atoms with Crippen molar-refractivity contribution < 1.29 is 19.3 Å². The molecular formula is C18H20N3O3+. The molecule has 1 N–H and O–H groups in total. The first-order valence-electron chi connectivity index (χ1n) is 8.42. The van der Waals surface area contributed by atoms with E-state index in [1.54, 1.807) is 29.3 Å². The van der Waals surface area contributed by atoms with Crippen LogP contribution in [-0.2, 0) is 4.79 Å². The van der Waals surface area contributed by atoms with Gasteiger partial charge in [-0.25, -0.2) is 14.7 Å². The molecule has 2 heterocycles. The number of hydrogen-bond acceptors (Lipinski definition) is 3. The normalized spacial score (nSPS) is 22.8. The van der Waals surface area contributed by atoms with Crippen molar-refractivity contribution in [2.75, 3.05) is 11.5 Å². The molecule has 124 valence electrons. The van der Waals surface area contributed by atoms with Crippen LogP contribution >= 0.6 is 0 Å². The van der Waals surface area contributed by atoms with E-state index in [0.29, 0.717) is 18.0 Å². The maximum atomic E-state index is 13.0. The maximum Gasteiger partial charge on any atom is 0.337 e. The summed E-state index contributed by atoms with van der Waals surface area (Å²) in [7, 11) is 0.